The number of nitrogens with zero attached hydrogens (tertiary/aromatic N) is 2. The van der Waals surface area contributed by atoms with Crippen LogP contribution in [0, 0.1) is 13.8 Å². The van der Waals surface area contributed by atoms with Crippen molar-refractivity contribution in [2.45, 2.75) is 26.3 Å². The van der Waals surface area contributed by atoms with E-state index in [9.17, 15) is 14.7 Å². The normalized spacial score (nSPS) is 18.1. The van der Waals surface area contributed by atoms with Gasteiger partial charge in [0.15, 0.2) is 0 Å². The van der Waals surface area contributed by atoms with Gasteiger partial charge < -0.3 is 19.6 Å². The number of likely N-dealkylation sites (tertiary alicyclic amines) is 1. The van der Waals surface area contributed by atoms with Gasteiger partial charge in [-0.05, 0) is 70.2 Å². The summed E-state index contributed by atoms with van der Waals surface area (Å²) in [5, 5.41) is 11.2. The number of carbonyl (C=O) groups is 2. The van der Waals surface area contributed by atoms with Gasteiger partial charge in [-0.2, -0.15) is 0 Å². The Bertz CT molecular complexity index is 1010. The van der Waals surface area contributed by atoms with Crippen LogP contribution in [0.4, 0.5) is 0 Å². The van der Waals surface area contributed by atoms with E-state index >= 15 is 0 Å². The van der Waals surface area contributed by atoms with Gasteiger partial charge in [-0.1, -0.05) is 29.8 Å². The van der Waals surface area contributed by atoms with Crippen LogP contribution in [0.25, 0.3) is 5.76 Å². The summed E-state index contributed by atoms with van der Waals surface area (Å²) >= 11 is 0. The maximum Gasteiger partial charge on any atom is 0.295 e. The minimum Gasteiger partial charge on any atom is -0.507 e. The van der Waals surface area contributed by atoms with Gasteiger partial charge in [0, 0.05) is 12.1 Å². The van der Waals surface area contributed by atoms with Crippen molar-refractivity contribution >= 4 is 17.4 Å². The highest BCUT2D eigenvalue weighted by atomic mass is 16.5. The number of aliphatic hydroxyl groups is 1. The van der Waals surface area contributed by atoms with Crippen molar-refractivity contribution in [2.24, 2.45) is 0 Å². The molecule has 0 aliphatic carbocycles. The van der Waals surface area contributed by atoms with Gasteiger partial charge in [0.25, 0.3) is 11.7 Å². The van der Waals surface area contributed by atoms with Crippen LogP contribution in [0.2, 0.25) is 0 Å². The summed E-state index contributed by atoms with van der Waals surface area (Å²) in [5.41, 5.74) is 3.30. The van der Waals surface area contributed by atoms with E-state index in [0.29, 0.717) is 17.9 Å². The van der Waals surface area contributed by atoms with E-state index in [0.717, 1.165) is 29.7 Å². The van der Waals surface area contributed by atoms with Crippen molar-refractivity contribution < 1.29 is 19.4 Å². The molecule has 0 radical (unpaired) electrons. The van der Waals surface area contributed by atoms with E-state index in [1.165, 1.54) is 0 Å². The summed E-state index contributed by atoms with van der Waals surface area (Å²) in [6, 6.07) is 12.4. The Morgan fingerprint density at radius 3 is 2.35 bits per heavy atom. The predicted molar refractivity (Wildman–Crippen MR) is 121 cm³/mol. The van der Waals surface area contributed by atoms with Crippen LogP contribution in [0.1, 0.15) is 34.7 Å². The molecular weight excluding hydrogens is 392 g/mol. The van der Waals surface area contributed by atoms with Gasteiger partial charge in [0.2, 0.25) is 0 Å². The number of rotatable bonds is 7. The molecule has 1 aliphatic rings. The first-order valence-electron chi connectivity index (χ1n) is 10.4. The largest absolute Gasteiger partial charge is 0.507 e. The van der Waals surface area contributed by atoms with E-state index in [1.807, 2.05) is 57.1 Å². The number of Topliss-reactive ketones (excluding diaryl/α,β-unsaturated/α-hetero) is 1. The molecule has 31 heavy (non-hydrogen) atoms. The van der Waals surface area contributed by atoms with Gasteiger partial charge in [0.1, 0.15) is 11.5 Å². The van der Waals surface area contributed by atoms with Crippen molar-refractivity contribution in [2.75, 3.05) is 34.3 Å². The number of ether oxygens (including phenoxy) is 1. The van der Waals surface area contributed by atoms with Gasteiger partial charge in [-0.25, -0.2) is 0 Å². The fraction of sp³-hybridized carbons (Fsp3) is 0.360. The molecule has 0 spiro atoms. The maximum absolute atomic E-state index is 13.1. The maximum atomic E-state index is 13.1. The second kappa shape index (κ2) is 9.35. The molecule has 2 aromatic rings. The Morgan fingerprint density at radius 1 is 1.10 bits per heavy atom. The molecular formula is C25H30N2O4. The Kier molecular flexibility index (Phi) is 6.81. The average Bonchev–Trinajstić information content (AvgIpc) is 2.98. The molecule has 1 atom stereocenters. The molecule has 1 heterocycles. The molecule has 3 rings (SSSR count). The zero-order chi connectivity index (χ0) is 22.7. The van der Waals surface area contributed by atoms with Crippen LogP contribution in [-0.2, 0) is 9.59 Å². The Morgan fingerprint density at radius 2 is 1.77 bits per heavy atom. The van der Waals surface area contributed by atoms with Crippen LogP contribution >= 0.6 is 0 Å². The summed E-state index contributed by atoms with van der Waals surface area (Å²) < 4.78 is 5.24. The molecule has 6 nitrogen and oxygen atoms in total. The minimum absolute atomic E-state index is 0.131. The number of benzene rings is 2. The molecule has 164 valence electrons. The quantitative estimate of drug-likeness (QED) is 0.419. The van der Waals surface area contributed by atoms with Crippen LogP contribution in [0.15, 0.2) is 48.0 Å². The Hall–Kier alpha value is -3.12. The highest BCUT2D eigenvalue weighted by Crippen LogP contribution is 2.40. The average molecular weight is 423 g/mol. The van der Waals surface area contributed by atoms with Crippen molar-refractivity contribution in [3.05, 3.63) is 70.3 Å². The molecule has 1 fully saturated rings. The third-order valence-electron chi connectivity index (χ3n) is 5.63. The molecule has 0 saturated carbocycles. The number of methoxy groups -OCH3 is 1. The fourth-order valence-electron chi connectivity index (χ4n) is 3.94. The zero-order valence-corrected chi connectivity index (χ0v) is 18.8. The second-order valence-electron chi connectivity index (χ2n) is 8.24. The van der Waals surface area contributed by atoms with E-state index in [-0.39, 0.29) is 11.3 Å². The van der Waals surface area contributed by atoms with Crippen LogP contribution in [0.3, 0.4) is 0 Å². The van der Waals surface area contributed by atoms with Crippen molar-refractivity contribution in [3.8, 4) is 5.75 Å². The van der Waals surface area contributed by atoms with Crippen molar-refractivity contribution in [3.63, 3.8) is 0 Å². The van der Waals surface area contributed by atoms with Crippen molar-refractivity contribution in [1.29, 1.82) is 0 Å². The first kappa shape index (κ1) is 22.6. The van der Waals surface area contributed by atoms with E-state index < -0.39 is 17.7 Å². The lowest BCUT2D eigenvalue weighted by molar-refractivity contribution is -0.139. The van der Waals surface area contributed by atoms with Gasteiger partial charge in [-0.15, -0.1) is 0 Å². The Labute approximate surface area is 183 Å². The topological polar surface area (TPSA) is 70.1 Å². The number of amides is 1. The fourth-order valence-corrected chi connectivity index (χ4v) is 3.94. The van der Waals surface area contributed by atoms with Gasteiger partial charge in [-0.3, -0.25) is 9.59 Å². The number of carbonyl (C=O) groups excluding carboxylic acids is 2. The van der Waals surface area contributed by atoms with Gasteiger partial charge in [0.05, 0.1) is 18.7 Å². The summed E-state index contributed by atoms with van der Waals surface area (Å²) in [6.07, 6.45) is 0.726. The standard InChI is InChI=1S/C25H30N2O4/c1-16-7-9-18(10-8-16)22-21(23(28)20-12-11-19(31-5)15-17(20)2)24(29)25(30)27(22)14-6-13-26(3)4/h7-12,15,22,28H,6,13-14H2,1-5H3/b23-21+. The van der Waals surface area contributed by atoms with Crippen LogP contribution in [0.5, 0.6) is 5.75 Å². The monoisotopic (exact) mass is 422 g/mol. The second-order valence-corrected chi connectivity index (χ2v) is 8.24. The third kappa shape index (κ3) is 4.64. The van der Waals surface area contributed by atoms with Gasteiger partial charge >= 0.3 is 0 Å². The molecule has 1 aliphatic heterocycles. The van der Waals surface area contributed by atoms with Crippen LogP contribution < -0.4 is 4.74 Å². The highest BCUT2D eigenvalue weighted by molar-refractivity contribution is 6.46. The summed E-state index contributed by atoms with van der Waals surface area (Å²) in [7, 11) is 5.51. The highest BCUT2D eigenvalue weighted by Gasteiger charge is 2.45. The van der Waals surface area contributed by atoms with E-state index in [2.05, 4.69) is 0 Å². The number of ketones is 1. The SMILES string of the molecule is COc1ccc(/C(O)=C2\C(=O)C(=O)N(CCCN(C)C)C2c2ccc(C)cc2)c(C)c1. The van der Waals surface area contributed by atoms with Crippen molar-refractivity contribution in [1.82, 2.24) is 9.80 Å². The Balaban J connectivity index is 2.11. The lowest BCUT2D eigenvalue weighted by Crippen LogP contribution is -2.32. The summed E-state index contributed by atoms with van der Waals surface area (Å²) in [6.45, 7) is 5.05. The number of aliphatic hydroxyl groups excluding tert-OH is 1. The van der Waals surface area contributed by atoms with Crippen LogP contribution in [-0.4, -0.2) is 60.9 Å². The summed E-state index contributed by atoms with van der Waals surface area (Å²) in [5.74, 6) is -0.715. The molecule has 1 amide bonds. The lowest BCUT2D eigenvalue weighted by atomic mass is 9.93. The molecule has 2 aromatic carbocycles. The van der Waals surface area contributed by atoms with E-state index in [4.69, 9.17) is 4.74 Å². The summed E-state index contributed by atoms with van der Waals surface area (Å²) in [4.78, 5) is 29.7. The molecule has 0 bridgehead atoms. The third-order valence-corrected chi connectivity index (χ3v) is 5.63. The smallest absolute Gasteiger partial charge is 0.295 e. The number of hydrogen-bond acceptors (Lipinski definition) is 5. The molecule has 6 heteroatoms. The molecule has 1 unspecified atom stereocenters. The first-order chi connectivity index (χ1) is 14.7. The molecule has 0 aromatic heterocycles. The zero-order valence-electron chi connectivity index (χ0n) is 18.8. The van der Waals surface area contributed by atoms with E-state index in [1.54, 1.807) is 30.2 Å². The predicted octanol–water partition coefficient (Wildman–Crippen LogP) is 3.69. The first-order valence-corrected chi connectivity index (χ1v) is 10.4. The minimum atomic E-state index is -0.650. The number of hydrogen-bond donors (Lipinski definition) is 1. The molecule has 1 saturated heterocycles. The number of aryl methyl sites for hydroxylation is 2. The molecule has 1 N–H and O–H groups in total. The lowest BCUT2D eigenvalue weighted by Gasteiger charge is -2.26.